The average Bonchev–Trinajstić information content (AvgIpc) is 2.92. The van der Waals surface area contributed by atoms with E-state index in [1.807, 2.05) is 12.3 Å². The van der Waals surface area contributed by atoms with Crippen LogP contribution < -0.4 is 5.56 Å². The third-order valence-electron chi connectivity index (χ3n) is 3.01. The molecule has 3 rings (SSSR count). The van der Waals surface area contributed by atoms with Gasteiger partial charge in [-0.25, -0.2) is 15.0 Å². The molecule has 5 nitrogen and oxygen atoms in total. The summed E-state index contributed by atoms with van der Waals surface area (Å²) in [5.74, 6) is 0. The van der Waals surface area contributed by atoms with Crippen molar-refractivity contribution in [2.45, 2.75) is 19.4 Å². The Balaban J connectivity index is 2.01. The van der Waals surface area contributed by atoms with Crippen molar-refractivity contribution in [3.8, 4) is 0 Å². The molecule has 0 amide bonds. The second-order valence-corrected chi connectivity index (χ2v) is 5.15. The molecule has 0 N–H and O–H groups in total. The Morgan fingerprint density at radius 2 is 2.16 bits per heavy atom. The quantitative estimate of drug-likeness (QED) is 0.732. The SMILES string of the molecule is C[C@H](Cc1ccsc1)n1cnc2nccnc2c1=O. The van der Waals surface area contributed by atoms with Crippen molar-refractivity contribution in [1.82, 2.24) is 19.5 Å². The summed E-state index contributed by atoms with van der Waals surface area (Å²) in [6.07, 6.45) is 5.40. The maximum atomic E-state index is 12.3. The van der Waals surface area contributed by atoms with Gasteiger partial charge in [-0.05, 0) is 35.7 Å². The molecule has 0 fully saturated rings. The normalized spacial score (nSPS) is 12.7. The highest BCUT2D eigenvalue weighted by atomic mass is 32.1. The largest absolute Gasteiger partial charge is 0.294 e. The first kappa shape index (κ1) is 12.0. The van der Waals surface area contributed by atoms with E-state index in [0.717, 1.165) is 6.42 Å². The van der Waals surface area contributed by atoms with Gasteiger partial charge in [-0.2, -0.15) is 11.3 Å². The lowest BCUT2D eigenvalue weighted by Gasteiger charge is -2.13. The van der Waals surface area contributed by atoms with E-state index in [9.17, 15) is 4.79 Å². The van der Waals surface area contributed by atoms with Crippen LogP contribution in [0.4, 0.5) is 0 Å². The zero-order valence-electron chi connectivity index (χ0n) is 10.4. The molecule has 3 aromatic rings. The van der Waals surface area contributed by atoms with Crippen molar-refractivity contribution in [1.29, 1.82) is 0 Å². The number of fused-ring (bicyclic) bond motifs is 1. The first-order valence-electron chi connectivity index (χ1n) is 5.94. The van der Waals surface area contributed by atoms with E-state index in [0.29, 0.717) is 11.2 Å². The average molecular weight is 272 g/mol. The minimum atomic E-state index is -0.138. The number of thiophene rings is 1. The van der Waals surface area contributed by atoms with Gasteiger partial charge in [0, 0.05) is 18.4 Å². The molecule has 0 spiro atoms. The van der Waals surface area contributed by atoms with E-state index >= 15 is 0 Å². The van der Waals surface area contributed by atoms with Gasteiger partial charge in [0.25, 0.3) is 5.56 Å². The zero-order chi connectivity index (χ0) is 13.2. The van der Waals surface area contributed by atoms with Gasteiger partial charge in [0.15, 0.2) is 11.2 Å². The first-order chi connectivity index (χ1) is 9.25. The molecule has 6 heteroatoms. The number of aromatic nitrogens is 4. The second-order valence-electron chi connectivity index (χ2n) is 4.37. The van der Waals surface area contributed by atoms with Gasteiger partial charge in [-0.1, -0.05) is 0 Å². The van der Waals surface area contributed by atoms with Crippen molar-refractivity contribution in [3.63, 3.8) is 0 Å². The van der Waals surface area contributed by atoms with E-state index in [-0.39, 0.29) is 11.6 Å². The van der Waals surface area contributed by atoms with Crippen LogP contribution in [0.2, 0.25) is 0 Å². The molecular weight excluding hydrogens is 260 g/mol. The number of hydrogen-bond donors (Lipinski definition) is 0. The van der Waals surface area contributed by atoms with Crippen LogP contribution in [0.15, 0.2) is 40.3 Å². The Bertz CT molecular complexity index is 751. The van der Waals surface area contributed by atoms with Crippen LogP contribution in [0.3, 0.4) is 0 Å². The van der Waals surface area contributed by atoms with Crippen molar-refractivity contribution < 1.29 is 0 Å². The van der Waals surface area contributed by atoms with Gasteiger partial charge in [-0.15, -0.1) is 0 Å². The summed E-state index contributed by atoms with van der Waals surface area (Å²) < 4.78 is 1.62. The lowest BCUT2D eigenvalue weighted by atomic mass is 10.1. The van der Waals surface area contributed by atoms with Crippen LogP contribution in [0.25, 0.3) is 11.2 Å². The summed E-state index contributed by atoms with van der Waals surface area (Å²) in [5.41, 5.74) is 1.80. The van der Waals surface area contributed by atoms with Crippen molar-refractivity contribution in [2.24, 2.45) is 0 Å². The van der Waals surface area contributed by atoms with Gasteiger partial charge in [0.1, 0.15) is 6.33 Å². The van der Waals surface area contributed by atoms with Crippen LogP contribution in [0.5, 0.6) is 0 Å². The fraction of sp³-hybridized carbons (Fsp3) is 0.231. The molecule has 1 atom stereocenters. The monoisotopic (exact) mass is 272 g/mol. The standard InChI is InChI=1S/C13H12N4OS/c1-9(6-10-2-5-19-7-10)17-8-16-12-11(13(17)18)14-3-4-15-12/h2-5,7-9H,6H2,1H3/t9-/m1/s1. The third kappa shape index (κ3) is 2.26. The van der Waals surface area contributed by atoms with E-state index in [2.05, 4.69) is 26.4 Å². The second kappa shape index (κ2) is 4.89. The number of nitrogens with zero attached hydrogens (tertiary/aromatic N) is 4. The number of rotatable bonds is 3. The maximum Gasteiger partial charge on any atom is 0.281 e. The van der Waals surface area contributed by atoms with E-state index in [1.54, 1.807) is 22.2 Å². The highest BCUT2D eigenvalue weighted by Gasteiger charge is 2.12. The van der Waals surface area contributed by atoms with Crippen molar-refractivity contribution >= 4 is 22.5 Å². The molecular formula is C13H12N4OS. The number of hydrogen-bond acceptors (Lipinski definition) is 5. The molecule has 3 heterocycles. The Morgan fingerprint density at radius 1 is 1.32 bits per heavy atom. The highest BCUT2D eigenvalue weighted by molar-refractivity contribution is 7.07. The molecule has 0 saturated heterocycles. The summed E-state index contributed by atoms with van der Waals surface area (Å²) in [6, 6.07) is 2.11. The fourth-order valence-corrected chi connectivity index (χ4v) is 2.71. The molecule has 0 aliphatic heterocycles. The molecule has 3 aromatic heterocycles. The van der Waals surface area contributed by atoms with Crippen LogP contribution in [-0.2, 0) is 6.42 Å². The Hall–Kier alpha value is -2.08. The molecule has 0 aromatic carbocycles. The molecule has 96 valence electrons. The van der Waals surface area contributed by atoms with E-state index in [4.69, 9.17) is 0 Å². The van der Waals surface area contributed by atoms with E-state index in [1.165, 1.54) is 18.0 Å². The summed E-state index contributed by atoms with van der Waals surface area (Å²) in [5, 5.41) is 4.13. The minimum Gasteiger partial charge on any atom is -0.294 e. The van der Waals surface area contributed by atoms with Crippen molar-refractivity contribution in [3.05, 3.63) is 51.5 Å². The molecule has 0 aliphatic carbocycles. The van der Waals surface area contributed by atoms with Crippen LogP contribution >= 0.6 is 11.3 Å². The van der Waals surface area contributed by atoms with Crippen LogP contribution in [-0.4, -0.2) is 19.5 Å². The van der Waals surface area contributed by atoms with Gasteiger partial charge in [-0.3, -0.25) is 9.36 Å². The molecule has 0 radical (unpaired) electrons. The van der Waals surface area contributed by atoms with E-state index < -0.39 is 0 Å². The third-order valence-corrected chi connectivity index (χ3v) is 3.74. The zero-order valence-corrected chi connectivity index (χ0v) is 11.2. The summed E-state index contributed by atoms with van der Waals surface area (Å²) in [4.78, 5) is 24.6. The predicted octanol–water partition coefficient (Wildman–Crippen LogP) is 2.05. The first-order valence-corrected chi connectivity index (χ1v) is 6.89. The Kier molecular flexibility index (Phi) is 3.08. The lowest BCUT2D eigenvalue weighted by molar-refractivity contribution is 0.523. The van der Waals surface area contributed by atoms with Gasteiger partial charge in [0.2, 0.25) is 0 Å². The fourth-order valence-electron chi connectivity index (χ4n) is 2.03. The lowest BCUT2D eigenvalue weighted by Crippen LogP contribution is -2.25. The predicted molar refractivity (Wildman–Crippen MR) is 74.3 cm³/mol. The van der Waals surface area contributed by atoms with Gasteiger partial charge < -0.3 is 0 Å². The Morgan fingerprint density at radius 3 is 2.95 bits per heavy atom. The molecule has 0 saturated carbocycles. The minimum absolute atomic E-state index is 0.0426. The maximum absolute atomic E-state index is 12.3. The van der Waals surface area contributed by atoms with Crippen LogP contribution in [0.1, 0.15) is 18.5 Å². The van der Waals surface area contributed by atoms with Crippen LogP contribution in [0, 0.1) is 0 Å². The van der Waals surface area contributed by atoms with Gasteiger partial charge >= 0.3 is 0 Å². The molecule has 0 bridgehead atoms. The Labute approximate surface area is 113 Å². The smallest absolute Gasteiger partial charge is 0.281 e. The molecule has 19 heavy (non-hydrogen) atoms. The summed E-state index contributed by atoms with van der Waals surface area (Å²) in [7, 11) is 0. The summed E-state index contributed by atoms with van der Waals surface area (Å²) in [6.45, 7) is 2.00. The topological polar surface area (TPSA) is 60.7 Å². The van der Waals surface area contributed by atoms with Gasteiger partial charge in [0.05, 0.1) is 0 Å². The molecule has 0 unspecified atom stereocenters. The van der Waals surface area contributed by atoms with Crippen molar-refractivity contribution in [2.75, 3.05) is 0 Å². The highest BCUT2D eigenvalue weighted by Crippen LogP contribution is 2.15. The molecule has 0 aliphatic rings. The summed E-state index contributed by atoms with van der Waals surface area (Å²) >= 11 is 1.66.